The van der Waals surface area contributed by atoms with E-state index in [-0.39, 0.29) is 5.91 Å². The average molecular weight is 367 g/mol. The highest BCUT2D eigenvalue weighted by Gasteiger charge is 2.17. The predicted molar refractivity (Wildman–Crippen MR) is 106 cm³/mol. The maximum Gasteiger partial charge on any atom is 0.332 e. The van der Waals surface area contributed by atoms with Crippen molar-refractivity contribution in [3.63, 3.8) is 0 Å². The first-order valence-corrected chi connectivity index (χ1v) is 8.55. The fourth-order valence-electron chi connectivity index (χ4n) is 3.00. The van der Waals surface area contributed by atoms with Crippen LogP contribution >= 0.6 is 0 Å². The van der Waals surface area contributed by atoms with Crippen LogP contribution in [0.3, 0.4) is 0 Å². The summed E-state index contributed by atoms with van der Waals surface area (Å²) in [6.07, 6.45) is 2.32. The third-order valence-corrected chi connectivity index (χ3v) is 4.38. The SMILES string of the molecule is CCc1cnc2c(c1Nc1cccc(NC(C)=O)c1)c(=O)n(C)c(=O)n2C. The number of hydrogen-bond donors (Lipinski definition) is 2. The van der Waals surface area contributed by atoms with E-state index < -0.39 is 11.2 Å². The summed E-state index contributed by atoms with van der Waals surface area (Å²) in [7, 11) is 3.04. The van der Waals surface area contributed by atoms with E-state index in [1.807, 2.05) is 13.0 Å². The maximum absolute atomic E-state index is 12.8. The standard InChI is InChI=1S/C19H21N5O3/c1-5-12-10-20-17-15(18(26)24(4)19(27)23(17)3)16(12)22-14-8-6-7-13(9-14)21-11(2)25/h6-10H,5H2,1-4H3,(H,20,22)(H,21,25). The molecule has 8 heteroatoms. The highest BCUT2D eigenvalue weighted by atomic mass is 16.2. The summed E-state index contributed by atoms with van der Waals surface area (Å²) in [6, 6.07) is 7.19. The number of aromatic nitrogens is 3. The second kappa shape index (κ2) is 7.06. The Morgan fingerprint density at radius 2 is 1.85 bits per heavy atom. The zero-order valence-corrected chi connectivity index (χ0v) is 15.7. The van der Waals surface area contributed by atoms with Crippen LogP contribution in [0.1, 0.15) is 19.4 Å². The van der Waals surface area contributed by atoms with Crippen LogP contribution in [-0.2, 0) is 25.3 Å². The molecule has 2 N–H and O–H groups in total. The number of rotatable bonds is 4. The van der Waals surface area contributed by atoms with Gasteiger partial charge in [-0.1, -0.05) is 13.0 Å². The van der Waals surface area contributed by atoms with Crippen LogP contribution in [0.2, 0.25) is 0 Å². The molecule has 0 fully saturated rings. The Hall–Kier alpha value is -3.42. The van der Waals surface area contributed by atoms with Gasteiger partial charge in [-0.25, -0.2) is 9.78 Å². The van der Waals surface area contributed by atoms with Crippen molar-refractivity contribution in [1.29, 1.82) is 0 Å². The van der Waals surface area contributed by atoms with Crippen molar-refractivity contribution in [3.8, 4) is 0 Å². The van der Waals surface area contributed by atoms with Gasteiger partial charge < -0.3 is 10.6 Å². The summed E-state index contributed by atoms with van der Waals surface area (Å²) in [4.78, 5) is 40.6. The summed E-state index contributed by atoms with van der Waals surface area (Å²) in [6.45, 7) is 3.41. The number of amides is 1. The van der Waals surface area contributed by atoms with E-state index in [9.17, 15) is 14.4 Å². The molecule has 8 nitrogen and oxygen atoms in total. The lowest BCUT2D eigenvalue weighted by Crippen LogP contribution is -2.37. The third kappa shape index (κ3) is 3.33. The molecule has 0 saturated carbocycles. The molecule has 140 valence electrons. The Balaban J connectivity index is 2.23. The van der Waals surface area contributed by atoms with Gasteiger partial charge in [-0.3, -0.25) is 18.7 Å². The van der Waals surface area contributed by atoms with Gasteiger partial charge in [0.15, 0.2) is 5.65 Å². The topological polar surface area (TPSA) is 98.0 Å². The normalized spacial score (nSPS) is 10.8. The van der Waals surface area contributed by atoms with E-state index in [0.717, 1.165) is 10.1 Å². The number of fused-ring (bicyclic) bond motifs is 1. The molecule has 0 aliphatic rings. The smallest absolute Gasteiger partial charge is 0.332 e. The van der Waals surface area contributed by atoms with Crippen LogP contribution in [0.15, 0.2) is 40.1 Å². The molecule has 3 aromatic rings. The molecular weight excluding hydrogens is 346 g/mol. The Bertz CT molecular complexity index is 1160. The molecular formula is C19H21N5O3. The third-order valence-electron chi connectivity index (χ3n) is 4.38. The highest BCUT2D eigenvalue weighted by molar-refractivity contribution is 5.93. The second-order valence-electron chi connectivity index (χ2n) is 6.30. The van der Waals surface area contributed by atoms with Gasteiger partial charge in [0.1, 0.15) is 5.39 Å². The van der Waals surface area contributed by atoms with E-state index in [2.05, 4.69) is 15.6 Å². The number of nitrogens with zero attached hydrogens (tertiary/aromatic N) is 3. The zero-order valence-electron chi connectivity index (χ0n) is 15.7. The van der Waals surface area contributed by atoms with E-state index in [1.54, 1.807) is 31.4 Å². The molecule has 0 radical (unpaired) electrons. The molecule has 2 aromatic heterocycles. The van der Waals surface area contributed by atoms with Gasteiger partial charge in [-0.05, 0) is 30.2 Å². The zero-order chi connectivity index (χ0) is 19.7. The van der Waals surface area contributed by atoms with Gasteiger partial charge in [0.05, 0.1) is 5.69 Å². The number of aryl methyl sites for hydroxylation is 2. The first-order chi connectivity index (χ1) is 12.8. The number of pyridine rings is 1. The summed E-state index contributed by atoms with van der Waals surface area (Å²) in [5.74, 6) is -0.167. The molecule has 2 heterocycles. The molecule has 1 aromatic carbocycles. The lowest BCUT2D eigenvalue weighted by atomic mass is 10.1. The lowest BCUT2D eigenvalue weighted by molar-refractivity contribution is -0.114. The fourth-order valence-corrected chi connectivity index (χ4v) is 3.00. The Kier molecular flexibility index (Phi) is 4.81. The fraction of sp³-hybridized carbons (Fsp3) is 0.263. The van der Waals surface area contributed by atoms with Crippen molar-refractivity contribution in [3.05, 3.63) is 56.9 Å². The van der Waals surface area contributed by atoms with Crippen molar-refractivity contribution < 1.29 is 4.79 Å². The van der Waals surface area contributed by atoms with Gasteiger partial charge in [-0.2, -0.15) is 0 Å². The van der Waals surface area contributed by atoms with Crippen LogP contribution in [-0.4, -0.2) is 20.0 Å². The monoisotopic (exact) mass is 367 g/mol. The van der Waals surface area contributed by atoms with E-state index in [4.69, 9.17) is 0 Å². The quantitative estimate of drug-likeness (QED) is 0.734. The molecule has 0 bridgehead atoms. The molecule has 0 aliphatic carbocycles. The number of benzene rings is 1. The minimum atomic E-state index is -0.428. The largest absolute Gasteiger partial charge is 0.354 e. The lowest BCUT2D eigenvalue weighted by Gasteiger charge is -2.16. The Morgan fingerprint density at radius 3 is 2.52 bits per heavy atom. The molecule has 3 rings (SSSR count). The molecule has 0 saturated heterocycles. The summed E-state index contributed by atoms with van der Waals surface area (Å²) < 4.78 is 2.43. The summed E-state index contributed by atoms with van der Waals surface area (Å²) in [5.41, 5.74) is 2.30. The van der Waals surface area contributed by atoms with E-state index in [0.29, 0.717) is 34.5 Å². The summed E-state index contributed by atoms with van der Waals surface area (Å²) >= 11 is 0. The van der Waals surface area contributed by atoms with Crippen LogP contribution in [0.5, 0.6) is 0 Å². The number of carbonyl (C=O) groups excluding carboxylic acids is 1. The molecule has 0 unspecified atom stereocenters. The molecule has 27 heavy (non-hydrogen) atoms. The van der Waals surface area contributed by atoms with Crippen molar-refractivity contribution >= 4 is 34.0 Å². The van der Waals surface area contributed by atoms with Crippen molar-refractivity contribution in [2.75, 3.05) is 10.6 Å². The first-order valence-electron chi connectivity index (χ1n) is 8.55. The van der Waals surface area contributed by atoms with Gasteiger partial charge in [0.25, 0.3) is 5.56 Å². The van der Waals surface area contributed by atoms with Crippen molar-refractivity contribution in [2.24, 2.45) is 14.1 Å². The van der Waals surface area contributed by atoms with Crippen LogP contribution in [0, 0.1) is 0 Å². The second-order valence-corrected chi connectivity index (χ2v) is 6.30. The predicted octanol–water partition coefficient (Wildman–Crippen LogP) is 1.90. The van der Waals surface area contributed by atoms with Crippen LogP contribution < -0.4 is 21.9 Å². The molecule has 0 aliphatic heterocycles. The Labute approximate surface area is 155 Å². The number of anilines is 3. The number of carbonyl (C=O) groups is 1. The minimum Gasteiger partial charge on any atom is -0.354 e. The number of nitrogens with one attached hydrogen (secondary N) is 2. The molecule has 0 spiro atoms. The van der Waals surface area contributed by atoms with E-state index in [1.165, 1.54) is 18.5 Å². The highest BCUT2D eigenvalue weighted by Crippen LogP contribution is 2.28. The molecule has 0 atom stereocenters. The minimum absolute atomic E-state index is 0.167. The van der Waals surface area contributed by atoms with Gasteiger partial charge in [0, 0.05) is 38.6 Å². The number of hydrogen-bond acceptors (Lipinski definition) is 5. The van der Waals surface area contributed by atoms with Gasteiger partial charge in [0.2, 0.25) is 5.91 Å². The maximum atomic E-state index is 12.8. The van der Waals surface area contributed by atoms with Crippen LogP contribution in [0.25, 0.3) is 11.0 Å². The van der Waals surface area contributed by atoms with Gasteiger partial charge in [-0.15, -0.1) is 0 Å². The van der Waals surface area contributed by atoms with Gasteiger partial charge >= 0.3 is 5.69 Å². The first kappa shape index (κ1) is 18.4. The average Bonchev–Trinajstić information content (AvgIpc) is 2.64. The van der Waals surface area contributed by atoms with Crippen molar-refractivity contribution in [2.45, 2.75) is 20.3 Å². The van der Waals surface area contributed by atoms with Crippen LogP contribution in [0.4, 0.5) is 17.1 Å². The Morgan fingerprint density at radius 1 is 1.15 bits per heavy atom. The summed E-state index contributed by atoms with van der Waals surface area (Å²) in [5, 5.41) is 6.36. The van der Waals surface area contributed by atoms with Crippen molar-refractivity contribution in [1.82, 2.24) is 14.1 Å². The molecule has 1 amide bonds. The van der Waals surface area contributed by atoms with E-state index >= 15 is 0 Å².